The third-order valence-electron chi connectivity index (χ3n) is 2.47. The predicted molar refractivity (Wildman–Crippen MR) is 60.8 cm³/mol. The van der Waals surface area contributed by atoms with E-state index in [1.54, 1.807) is 7.11 Å². The van der Waals surface area contributed by atoms with E-state index in [1.165, 1.54) is 0 Å². The van der Waals surface area contributed by atoms with E-state index in [4.69, 9.17) is 10.5 Å². The fourth-order valence-corrected chi connectivity index (χ4v) is 1.71. The molecule has 80 valence electrons. The number of aromatic nitrogens is 2. The molecule has 15 heavy (non-hydrogen) atoms. The van der Waals surface area contributed by atoms with Gasteiger partial charge in [-0.2, -0.15) is 5.10 Å². The van der Waals surface area contributed by atoms with Crippen LogP contribution in [0.15, 0.2) is 18.2 Å². The van der Waals surface area contributed by atoms with Gasteiger partial charge in [-0.1, -0.05) is 0 Å². The second kappa shape index (κ2) is 3.90. The largest absolute Gasteiger partial charge is 0.399 e. The van der Waals surface area contributed by atoms with E-state index in [0.29, 0.717) is 6.61 Å². The lowest BCUT2D eigenvalue weighted by Crippen LogP contribution is -2.05. The van der Waals surface area contributed by atoms with Crippen LogP contribution in [0, 0.1) is 6.92 Å². The number of nitrogens with two attached hydrogens (primary N) is 1. The lowest BCUT2D eigenvalue weighted by molar-refractivity contribution is 0.185. The molecule has 0 aliphatic rings. The highest BCUT2D eigenvalue weighted by Crippen LogP contribution is 2.20. The van der Waals surface area contributed by atoms with Crippen LogP contribution in [0.3, 0.4) is 0 Å². The Balaban J connectivity index is 2.49. The summed E-state index contributed by atoms with van der Waals surface area (Å²) in [5.41, 5.74) is 8.63. The zero-order chi connectivity index (χ0) is 10.8. The first-order chi connectivity index (χ1) is 7.22. The number of rotatable bonds is 3. The van der Waals surface area contributed by atoms with Gasteiger partial charge in [0.05, 0.1) is 24.4 Å². The minimum Gasteiger partial charge on any atom is -0.399 e. The fraction of sp³-hybridized carbons (Fsp3) is 0.364. The third-order valence-corrected chi connectivity index (χ3v) is 2.47. The number of hydrogen-bond acceptors (Lipinski definition) is 3. The molecular weight excluding hydrogens is 190 g/mol. The molecule has 0 fully saturated rings. The van der Waals surface area contributed by atoms with Crippen molar-refractivity contribution >= 4 is 16.6 Å². The normalized spacial score (nSPS) is 11.1. The first-order valence-electron chi connectivity index (χ1n) is 4.94. The number of anilines is 1. The SMILES string of the molecule is COCCn1nc(C)c2ccc(N)cc21. The molecule has 0 aliphatic carbocycles. The lowest BCUT2D eigenvalue weighted by atomic mass is 10.2. The highest BCUT2D eigenvalue weighted by Gasteiger charge is 2.06. The molecule has 1 aromatic carbocycles. The van der Waals surface area contributed by atoms with Crippen LogP contribution in [0.5, 0.6) is 0 Å². The fourth-order valence-electron chi connectivity index (χ4n) is 1.71. The van der Waals surface area contributed by atoms with Gasteiger partial charge in [-0.15, -0.1) is 0 Å². The molecule has 0 atom stereocenters. The van der Waals surface area contributed by atoms with E-state index in [2.05, 4.69) is 5.10 Å². The van der Waals surface area contributed by atoms with Crippen LogP contribution in [-0.2, 0) is 11.3 Å². The summed E-state index contributed by atoms with van der Waals surface area (Å²) in [5.74, 6) is 0. The van der Waals surface area contributed by atoms with Gasteiger partial charge >= 0.3 is 0 Å². The maximum absolute atomic E-state index is 5.76. The van der Waals surface area contributed by atoms with Gasteiger partial charge in [-0.25, -0.2) is 0 Å². The summed E-state index contributed by atoms with van der Waals surface area (Å²) < 4.78 is 6.98. The Morgan fingerprint density at radius 3 is 3.00 bits per heavy atom. The molecule has 0 bridgehead atoms. The quantitative estimate of drug-likeness (QED) is 0.774. The van der Waals surface area contributed by atoms with Crippen LogP contribution in [0.1, 0.15) is 5.69 Å². The molecule has 4 nitrogen and oxygen atoms in total. The number of nitrogen functional groups attached to an aromatic ring is 1. The predicted octanol–water partition coefficient (Wildman–Crippen LogP) is 1.57. The van der Waals surface area contributed by atoms with Gasteiger partial charge in [0.15, 0.2) is 0 Å². The third kappa shape index (κ3) is 1.80. The molecule has 0 aliphatic heterocycles. The average Bonchev–Trinajstić information content (AvgIpc) is 2.52. The summed E-state index contributed by atoms with van der Waals surface area (Å²) >= 11 is 0. The average molecular weight is 205 g/mol. The topological polar surface area (TPSA) is 53.1 Å². The number of benzene rings is 1. The van der Waals surface area contributed by atoms with Crippen molar-refractivity contribution in [2.45, 2.75) is 13.5 Å². The minimum absolute atomic E-state index is 0.658. The Kier molecular flexibility index (Phi) is 2.60. The Bertz CT molecular complexity index is 476. The highest BCUT2D eigenvalue weighted by molar-refractivity contribution is 5.84. The lowest BCUT2D eigenvalue weighted by Gasteiger charge is -2.02. The molecule has 0 radical (unpaired) electrons. The van der Waals surface area contributed by atoms with Gasteiger partial charge in [0.25, 0.3) is 0 Å². The maximum atomic E-state index is 5.76. The van der Waals surface area contributed by atoms with Gasteiger partial charge < -0.3 is 10.5 Å². The summed E-state index contributed by atoms with van der Waals surface area (Å²) in [6, 6.07) is 5.86. The highest BCUT2D eigenvalue weighted by atomic mass is 16.5. The van der Waals surface area contributed by atoms with E-state index >= 15 is 0 Å². The van der Waals surface area contributed by atoms with Crippen LogP contribution in [-0.4, -0.2) is 23.5 Å². The van der Waals surface area contributed by atoms with E-state index in [1.807, 2.05) is 29.8 Å². The van der Waals surface area contributed by atoms with Crippen molar-refractivity contribution in [3.63, 3.8) is 0 Å². The Labute approximate surface area is 88.6 Å². The van der Waals surface area contributed by atoms with Crippen LogP contribution >= 0.6 is 0 Å². The van der Waals surface area contributed by atoms with Crippen molar-refractivity contribution in [3.05, 3.63) is 23.9 Å². The monoisotopic (exact) mass is 205 g/mol. The zero-order valence-corrected chi connectivity index (χ0v) is 9.03. The van der Waals surface area contributed by atoms with Crippen molar-refractivity contribution < 1.29 is 4.74 Å². The molecule has 4 heteroatoms. The number of nitrogens with zero attached hydrogens (tertiary/aromatic N) is 2. The van der Waals surface area contributed by atoms with Crippen LogP contribution < -0.4 is 5.73 Å². The van der Waals surface area contributed by atoms with Crippen LogP contribution in [0.25, 0.3) is 10.9 Å². The standard InChI is InChI=1S/C11H15N3O/c1-8-10-4-3-9(12)7-11(10)14(13-8)5-6-15-2/h3-4,7H,5-6,12H2,1-2H3. The van der Waals surface area contributed by atoms with E-state index in [-0.39, 0.29) is 0 Å². The van der Waals surface area contributed by atoms with Gasteiger partial charge in [0.1, 0.15) is 0 Å². The summed E-state index contributed by atoms with van der Waals surface area (Å²) in [4.78, 5) is 0. The first-order valence-corrected chi connectivity index (χ1v) is 4.94. The Hall–Kier alpha value is -1.55. The van der Waals surface area contributed by atoms with Gasteiger partial charge in [-0.05, 0) is 25.1 Å². The molecule has 1 heterocycles. The molecular formula is C11H15N3O. The molecule has 0 saturated heterocycles. The van der Waals surface area contributed by atoms with Crippen molar-refractivity contribution in [1.82, 2.24) is 9.78 Å². The molecule has 2 N–H and O–H groups in total. The number of aryl methyl sites for hydroxylation is 1. The molecule has 2 aromatic rings. The summed E-state index contributed by atoms with van der Waals surface area (Å²) in [5, 5.41) is 5.60. The van der Waals surface area contributed by atoms with Crippen LogP contribution in [0.4, 0.5) is 5.69 Å². The van der Waals surface area contributed by atoms with Crippen molar-refractivity contribution in [2.24, 2.45) is 0 Å². The smallest absolute Gasteiger partial charge is 0.0706 e. The molecule has 1 aromatic heterocycles. The van der Waals surface area contributed by atoms with E-state index in [9.17, 15) is 0 Å². The van der Waals surface area contributed by atoms with Crippen molar-refractivity contribution in [3.8, 4) is 0 Å². The van der Waals surface area contributed by atoms with Crippen molar-refractivity contribution in [1.29, 1.82) is 0 Å². The number of hydrogen-bond donors (Lipinski definition) is 1. The number of ether oxygens (including phenoxy) is 1. The summed E-state index contributed by atoms with van der Waals surface area (Å²) in [6.07, 6.45) is 0. The van der Waals surface area contributed by atoms with Crippen molar-refractivity contribution in [2.75, 3.05) is 19.5 Å². The van der Waals surface area contributed by atoms with Gasteiger partial charge in [-0.3, -0.25) is 4.68 Å². The first kappa shape index (κ1) is 9.98. The Morgan fingerprint density at radius 1 is 1.47 bits per heavy atom. The van der Waals surface area contributed by atoms with E-state index in [0.717, 1.165) is 28.8 Å². The second-order valence-electron chi connectivity index (χ2n) is 3.58. The second-order valence-corrected chi connectivity index (χ2v) is 3.58. The van der Waals surface area contributed by atoms with Crippen LogP contribution in [0.2, 0.25) is 0 Å². The zero-order valence-electron chi connectivity index (χ0n) is 9.03. The summed E-state index contributed by atoms with van der Waals surface area (Å²) in [6.45, 7) is 3.41. The Morgan fingerprint density at radius 2 is 2.27 bits per heavy atom. The number of methoxy groups -OCH3 is 1. The molecule has 2 rings (SSSR count). The molecule has 0 unspecified atom stereocenters. The van der Waals surface area contributed by atoms with E-state index < -0.39 is 0 Å². The maximum Gasteiger partial charge on any atom is 0.0706 e. The number of fused-ring (bicyclic) bond motifs is 1. The van der Waals surface area contributed by atoms with Gasteiger partial charge in [0, 0.05) is 18.2 Å². The van der Waals surface area contributed by atoms with Gasteiger partial charge in [0.2, 0.25) is 0 Å². The minimum atomic E-state index is 0.658. The summed E-state index contributed by atoms with van der Waals surface area (Å²) in [7, 11) is 1.69. The molecule has 0 saturated carbocycles. The molecule has 0 amide bonds. The molecule has 0 spiro atoms.